The van der Waals surface area contributed by atoms with Crippen LogP contribution in [0.4, 0.5) is 5.69 Å². The molecule has 7 heteroatoms. The molecule has 1 heterocycles. The Bertz CT molecular complexity index is 1230. The highest BCUT2D eigenvalue weighted by Gasteiger charge is 2.24. The van der Waals surface area contributed by atoms with Crippen LogP contribution < -0.4 is 14.8 Å². The van der Waals surface area contributed by atoms with E-state index in [0.29, 0.717) is 33.7 Å². The van der Waals surface area contributed by atoms with Crippen molar-refractivity contribution in [2.75, 3.05) is 6.61 Å². The Morgan fingerprint density at radius 3 is 2.52 bits per heavy atom. The average Bonchev–Trinajstić information content (AvgIpc) is 3.15. The van der Waals surface area contributed by atoms with E-state index < -0.39 is 5.97 Å². The molecule has 1 saturated heterocycles. The molecule has 0 saturated carbocycles. The molecule has 0 unspecified atom stereocenters. The molecule has 0 bridgehead atoms. The van der Waals surface area contributed by atoms with E-state index in [1.165, 1.54) is 11.8 Å². The molecular formula is C26H22N2O4S. The number of benzene rings is 3. The van der Waals surface area contributed by atoms with Gasteiger partial charge in [-0.2, -0.15) is 0 Å². The number of carbonyl (C=O) groups is 2. The molecule has 0 radical (unpaired) electrons. The van der Waals surface area contributed by atoms with Crippen LogP contribution in [0.5, 0.6) is 11.5 Å². The molecule has 6 nitrogen and oxygen atoms in total. The number of rotatable bonds is 6. The van der Waals surface area contributed by atoms with Gasteiger partial charge in [0, 0.05) is 0 Å². The zero-order valence-corrected chi connectivity index (χ0v) is 19.0. The van der Waals surface area contributed by atoms with Gasteiger partial charge in [-0.1, -0.05) is 42.0 Å². The van der Waals surface area contributed by atoms with Gasteiger partial charge >= 0.3 is 5.97 Å². The molecule has 1 aliphatic heterocycles. The number of hydrogen-bond donors (Lipinski definition) is 1. The van der Waals surface area contributed by atoms with Crippen molar-refractivity contribution in [1.82, 2.24) is 5.32 Å². The van der Waals surface area contributed by atoms with Gasteiger partial charge in [0.15, 0.2) is 16.7 Å². The van der Waals surface area contributed by atoms with Gasteiger partial charge < -0.3 is 14.8 Å². The summed E-state index contributed by atoms with van der Waals surface area (Å²) in [4.78, 5) is 29.9. The molecule has 33 heavy (non-hydrogen) atoms. The Labute approximate surface area is 196 Å². The summed E-state index contributed by atoms with van der Waals surface area (Å²) in [7, 11) is 0. The lowest BCUT2D eigenvalue weighted by Gasteiger charge is -2.11. The summed E-state index contributed by atoms with van der Waals surface area (Å²) < 4.78 is 11.3. The summed E-state index contributed by atoms with van der Waals surface area (Å²) >= 11 is 1.27. The molecule has 0 aromatic heterocycles. The molecule has 1 aliphatic rings. The minimum atomic E-state index is -0.463. The van der Waals surface area contributed by atoms with Crippen molar-refractivity contribution >= 4 is 40.6 Å². The van der Waals surface area contributed by atoms with E-state index in [0.717, 1.165) is 16.8 Å². The number of nitrogens with one attached hydrogen (secondary N) is 1. The molecule has 1 N–H and O–H groups in total. The Morgan fingerprint density at radius 1 is 1.03 bits per heavy atom. The number of aliphatic imine (C=N–C) groups is 1. The van der Waals surface area contributed by atoms with Crippen LogP contribution in [0.25, 0.3) is 6.08 Å². The maximum Gasteiger partial charge on any atom is 0.343 e. The molecule has 3 aromatic rings. The monoisotopic (exact) mass is 458 g/mol. The van der Waals surface area contributed by atoms with Gasteiger partial charge in [0.1, 0.15) is 0 Å². The smallest absolute Gasteiger partial charge is 0.343 e. The summed E-state index contributed by atoms with van der Waals surface area (Å²) in [5, 5.41) is 3.30. The van der Waals surface area contributed by atoms with Crippen molar-refractivity contribution in [3.63, 3.8) is 0 Å². The lowest BCUT2D eigenvalue weighted by molar-refractivity contribution is -0.115. The fraction of sp³-hybridized carbons (Fsp3) is 0.115. The van der Waals surface area contributed by atoms with Crippen molar-refractivity contribution in [1.29, 1.82) is 0 Å². The summed E-state index contributed by atoms with van der Waals surface area (Å²) in [5.74, 6) is 0.0605. The van der Waals surface area contributed by atoms with E-state index in [-0.39, 0.29) is 5.91 Å². The fourth-order valence-corrected chi connectivity index (χ4v) is 3.91. The van der Waals surface area contributed by atoms with Crippen LogP contribution in [-0.2, 0) is 4.79 Å². The number of esters is 1. The van der Waals surface area contributed by atoms with Crippen molar-refractivity contribution in [2.45, 2.75) is 13.8 Å². The van der Waals surface area contributed by atoms with Gasteiger partial charge in [0.2, 0.25) is 0 Å². The Morgan fingerprint density at radius 2 is 1.79 bits per heavy atom. The van der Waals surface area contributed by atoms with Gasteiger partial charge in [0.25, 0.3) is 5.91 Å². The maximum atomic E-state index is 12.5. The lowest BCUT2D eigenvalue weighted by Crippen LogP contribution is -2.19. The predicted octanol–water partition coefficient (Wildman–Crippen LogP) is 5.50. The molecular weight excluding hydrogens is 436 g/mol. The van der Waals surface area contributed by atoms with E-state index in [9.17, 15) is 9.59 Å². The van der Waals surface area contributed by atoms with E-state index in [1.807, 2.05) is 56.3 Å². The number of hydrogen-bond acceptors (Lipinski definition) is 6. The third-order valence-electron chi connectivity index (χ3n) is 4.69. The van der Waals surface area contributed by atoms with Crippen molar-refractivity contribution in [2.24, 2.45) is 4.99 Å². The Hall–Kier alpha value is -3.84. The van der Waals surface area contributed by atoms with Gasteiger partial charge in [0.05, 0.1) is 22.8 Å². The Balaban J connectivity index is 1.54. The Kier molecular flexibility index (Phi) is 6.90. The van der Waals surface area contributed by atoms with Crippen LogP contribution in [0.15, 0.2) is 82.7 Å². The lowest BCUT2D eigenvalue weighted by atomic mass is 10.1. The van der Waals surface area contributed by atoms with Crippen LogP contribution in [0.3, 0.4) is 0 Å². The highest BCUT2D eigenvalue weighted by Crippen LogP contribution is 2.33. The van der Waals surface area contributed by atoms with E-state index in [1.54, 1.807) is 36.4 Å². The van der Waals surface area contributed by atoms with Gasteiger partial charge in [-0.05, 0) is 73.6 Å². The average molecular weight is 459 g/mol. The first-order valence-corrected chi connectivity index (χ1v) is 11.2. The second kappa shape index (κ2) is 10.2. The molecule has 166 valence electrons. The number of thioether (sulfide) groups is 1. The first kappa shape index (κ1) is 22.4. The highest BCUT2D eigenvalue weighted by atomic mass is 32.2. The van der Waals surface area contributed by atoms with E-state index in [4.69, 9.17) is 9.47 Å². The molecule has 0 atom stereocenters. The standard InChI is InChI=1S/C26H22N2O4S/c1-3-31-22-15-18(11-14-21(22)32-25(30)19-12-9-17(2)10-13-19)16-23-24(29)28-26(33-23)27-20-7-5-4-6-8-20/h4-16H,3H2,1-2H3,(H,27,28,29)/b23-16-. The number of carbonyl (C=O) groups excluding carboxylic acids is 2. The summed E-state index contributed by atoms with van der Waals surface area (Å²) in [6.07, 6.45) is 1.75. The van der Waals surface area contributed by atoms with Gasteiger partial charge in [-0.25, -0.2) is 9.79 Å². The van der Waals surface area contributed by atoms with Crippen LogP contribution in [-0.4, -0.2) is 23.7 Å². The van der Waals surface area contributed by atoms with Crippen molar-refractivity contribution in [3.8, 4) is 11.5 Å². The van der Waals surface area contributed by atoms with Crippen molar-refractivity contribution in [3.05, 3.63) is 94.4 Å². The maximum absolute atomic E-state index is 12.5. The number of aryl methyl sites for hydroxylation is 1. The number of amidine groups is 1. The molecule has 1 fully saturated rings. The number of amides is 1. The predicted molar refractivity (Wildman–Crippen MR) is 131 cm³/mol. The first-order chi connectivity index (χ1) is 16.0. The van der Waals surface area contributed by atoms with E-state index in [2.05, 4.69) is 10.3 Å². The number of ether oxygens (including phenoxy) is 2. The zero-order chi connectivity index (χ0) is 23.2. The first-order valence-electron chi connectivity index (χ1n) is 10.4. The van der Waals surface area contributed by atoms with Gasteiger partial charge in [-0.3, -0.25) is 4.79 Å². The quantitative estimate of drug-likeness (QED) is 0.300. The van der Waals surface area contributed by atoms with Crippen LogP contribution >= 0.6 is 11.8 Å². The minimum absolute atomic E-state index is 0.220. The van der Waals surface area contributed by atoms with Crippen LogP contribution in [0.1, 0.15) is 28.4 Å². The number of nitrogens with zero attached hydrogens (tertiary/aromatic N) is 1. The van der Waals surface area contributed by atoms with Crippen molar-refractivity contribution < 1.29 is 19.1 Å². The third-order valence-corrected chi connectivity index (χ3v) is 5.60. The second-order valence-electron chi connectivity index (χ2n) is 7.21. The summed E-state index contributed by atoms with van der Waals surface area (Å²) in [5.41, 5.74) is 3.02. The molecule has 1 amide bonds. The molecule has 0 spiro atoms. The summed E-state index contributed by atoms with van der Waals surface area (Å²) in [6, 6.07) is 21.8. The normalized spacial score (nSPS) is 15.5. The highest BCUT2D eigenvalue weighted by molar-refractivity contribution is 8.18. The van der Waals surface area contributed by atoms with Crippen LogP contribution in [0.2, 0.25) is 0 Å². The van der Waals surface area contributed by atoms with E-state index >= 15 is 0 Å². The van der Waals surface area contributed by atoms with Gasteiger partial charge in [-0.15, -0.1) is 0 Å². The molecule has 0 aliphatic carbocycles. The SMILES string of the molecule is CCOc1cc(/C=C2\SC(=Nc3ccccc3)NC2=O)ccc1OC(=O)c1ccc(C)cc1. The molecule has 4 rings (SSSR count). The van der Waals surface area contributed by atoms with Crippen LogP contribution in [0, 0.1) is 6.92 Å². The second-order valence-corrected chi connectivity index (χ2v) is 8.24. The molecule has 3 aromatic carbocycles. The number of para-hydroxylation sites is 1. The fourth-order valence-electron chi connectivity index (χ4n) is 3.07. The largest absolute Gasteiger partial charge is 0.490 e. The topological polar surface area (TPSA) is 77.0 Å². The third kappa shape index (κ3) is 5.70. The zero-order valence-electron chi connectivity index (χ0n) is 18.2. The minimum Gasteiger partial charge on any atom is -0.490 e. The summed E-state index contributed by atoms with van der Waals surface area (Å²) in [6.45, 7) is 4.20.